The lowest BCUT2D eigenvalue weighted by Gasteiger charge is -2.07. The Morgan fingerprint density at radius 1 is 1.08 bits per heavy atom. The van der Waals surface area contributed by atoms with Crippen LogP contribution in [-0.2, 0) is 11.2 Å². The summed E-state index contributed by atoms with van der Waals surface area (Å²) in [4.78, 5) is 27.1. The fourth-order valence-corrected chi connectivity index (χ4v) is 2.82. The summed E-state index contributed by atoms with van der Waals surface area (Å²) in [7, 11) is 0. The zero-order chi connectivity index (χ0) is 17.2. The Hall–Kier alpha value is -3.28. The van der Waals surface area contributed by atoms with Gasteiger partial charge < -0.3 is 19.8 Å². The van der Waals surface area contributed by atoms with Crippen molar-refractivity contribution in [2.75, 3.05) is 12.1 Å². The highest BCUT2D eigenvalue weighted by atomic mass is 16.7. The molecule has 6 heteroatoms. The van der Waals surface area contributed by atoms with E-state index in [0.717, 1.165) is 10.9 Å². The number of fused-ring (bicyclic) bond motifs is 2. The van der Waals surface area contributed by atoms with E-state index in [4.69, 9.17) is 9.47 Å². The lowest BCUT2D eigenvalue weighted by Crippen LogP contribution is -2.17. The highest BCUT2D eigenvalue weighted by molar-refractivity contribution is 5.91. The molecule has 0 aliphatic carbocycles. The number of aromatic nitrogens is 1. The molecular weight excluding hydrogens is 320 g/mol. The van der Waals surface area contributed by atoms with Crippen LogP contribution in [0.1, 0.15) is 12.0 Å². The van der Waals surface area contributed by atoms with Crippen LogP contribution in [0.5, 0.6) is 11.5 Å². The number of hydrogen-bond donors (Lipinski definition) is 2. The standard InChI is InChI=1S/C19H16N2O4/c22-18(20-14-6-7-16-17(10-14)25-11-24-16)8-5-13-9-12-3-1-2-4-15(12)21-19(13)23/h1-4,6-7,9-10H,5,8,11H2,(H,20,22)(H,21,23). The number of ether oxygens (including phenoxy) is 2. The molecule has 126 valence electrons. The molecule has 6 nitrogen and oxygen atoms in total. The molecule has 0 atom stereocenters. The molecule has 2 aromatic carbocycles. The SMILES string of the molecule is O=C(CCc1cc2ccccc2[nH]c1=O)Nc1ccc2c(c1)OCO2. The van der Waals surface area contributed by atoms with Gasteiger partial charge in [-0.1, -0.05) is 18.2 Å². The number of carbonyl (C=O) groups excluding carboxylic acids is 1. The van der Waals surface area contributed by atoms with Gasteiger partial charge in [0.15, 0.2) is 11.5 Å². The van der Waals surface area contributed by atoms with E-state index >= 15 is 0 Å². The average molecular weight is 336 g/mol. The van der Waals surface area contributed by atoms with E-state index in [1.807, 2.05) is 30.3 Å². The minimum atomic E-state index is -0.161. The Morgan fingerprint density at radius 2 is 1.92 bits per heavy atom. The first-order chi connectivity index (χ1) is 12.2. The molecule has 25 heavy (non-hydrogen) atoms. The molecule has 3 aromatic rings. The summed E-state index contributed by atoms with van der Waals surface area (Å²) < 4.78 is 10.5. The Balaban J connectivity index is 1.43. The number of aryl methyl sites for hydroxylation is 1. The number of aromatic amines is 1. The van der Waals surface area contributed by atoms with Gasteiger partial charge in [0.2, 0.25) is 12.7 Å². The number of rotatable bonds is 4. The van der Waals surface area contributed by atoms with Gasteiger partial charge in [-0.2, -0.15) is 0 Å². The van der Waals surface area contributed by atoms with E-state index in [1.54, 1.807) is 18.2 Å². The molecule has 0 bridgehead atoms. The van der Waals surface area contributed by atoms with E-state index in [0.29, 0.717) is 29.2 Å². The van der Waals surface area contributed by atoms with Crippen LogP contribution in [0.15, 0.2) is 53.3 Å². The first kappa shape index (κ1) is 15.3. The maximum absolute atomic E-state index is 12.2. The molecule has 2 heterocycles. The molecule has 0 spiro atoms. The molecule has 0 radical (unpaired) electrons. The molecule has 1 aliphatic rings. The number of anilines is 1. The quantitative estimate of drug-likeness (QED) is 0.768. The van der Waals surface area contributed by atoms with Crippen LogP contribution in [0, 0.1) is 0 Å². The first-order valence-electron chi connectivity index (χ1n) is 7.99. The predicted octanol–water partition coefficient (Wildman–Crippen LogP) is 2.83. The highest BCUT2D eigenvalue weighted by Crippen LogP contribution is 2.34. The Labute approximate surface area is 143 Å². The average Bonchev–Trinajstić information content (AvgIpc) is 3.07. The second-order valence-electron chi connectivity index (χ2n) is 5.83. The summed E-state index contributed by atoms with van der Waals surface area (Å²) in [6.45, 7) is 0.192. The number of hydrogen-bond acceptors (Lipinski definition) is 4. The number of benzene rings is 2. The van der Waals surface area contributed by atoms with Crippen LogP contribution in [0.4, 0.5) is 5.69 Å². The zero-order valence-corrected chi connectivity index (χ0v) is 13.4. The van der Waals surface area contributed by atoms with E-state index in [2.05, 4.69) is 10.3 Å². The second-order valence-corrected chi connectivity index (χ2v) is 5.83. The molecule has 0 fully saturated rings. The van der Waals surface area contributed by atoms with Crippen LogP contribution < -0.4 is 20.3 Å². The molecule has 1 aliphatic heterocycles. The third kappa shape index (κ3) is 3.19. The topological polar surface area (TPSA) is 80.4 Å². The van der Waals surface area contributed by atoms with Gasteiger partial charge in [-0.05, 0) is 36.1 Å². The van der Waals surface area contributed by atoms with Gasteiger partial charge >= 0.3 is 0 Å². The van der Waals surface area contributed by atoms with Crippen LogP contribution >= 0.6 is 0 Å². The number of amides is 1. The fourth-order valence-electron chi connectivity index (χ4n) is 2.82. The van der Waals surface area contributed by atoms with Gasteiger partial charge in [0.25, 0.3) is 5.56 Å². The number of pyridine rings is 1. The normalized spacial score (nSPS) is 12.3. The van der Waals surface area contributed by atoms with Gasteiger partial charge in [0, 0.05) is 29.3 Å². The Morgan fingerprint density at radius 3 is 2.84 bits per heavy atom. The predicted molar refractivity (Wildman–Crippen MR) is 94.1 cm³/mol. The summed E-state index contributed by atoms with van der Waals surface area (Å²) in [6.07, 6.45) is 0.590. The fraction of sp³-hybridized carbons (Fsp3) is 0.158. The van der Waals surface area contributed by atoms with Crippen molar-refractivity contribution in [3.63, 3.8) is 0 Å². The number of nitrogens with one attached hydrogen (secondary N) is 2. The van der Waals surface area contributed by atoms with Gasteiger partial charge in [-0.25, -0.2) is 0 Å². The molecular formula is C19H16N2O4. The largest absolute Gasteiger partial charge is 0.454 e. The van der Waals surface area contributed by atoms with Crippen LogP contribution in [0.2, 0.25) is 0 Å². The van der Waals surface area contributed by atoms with Crippen molar-refractivity contribution in [2.24, 2.45) is 0 Å². The van der Waals surface area contributed by atoms with E-state index in [-0.39, 0.29) is 24.7 Å². The number of carbonyl (C=O) groups is 1. The monoisotopic (exact) mass is 336 g/mol. The van der Waals surface area contributed by atoms with Crippen LogP contribution in [0.3, 0.4) is 0 Å². The minimum Gasteiger partial charge on any atom is -0.454 e. The third-order valence-corrected chi connectivity index (χ3v) is 4.11. The van der Waals surface area contributed by atoms with Gasteiger partial charge in [-0.15, -0.1) is 0 Å². The Kier molecular flexibility index (Phi) is 3.85. The Bertz CT molecular complexity index is 1010. The van der Waals surface area contributed by atoms with Crippen molar-refractivity contribution >= 4 is 22.5 Å². The van der Waals surface area contributed by atoms with Gasteiger partial charge in [0.1, 0.15) is 0 Å². The van der Waals surface area contributed by atoms with Crippen LogP contribution in [-0.4, -0.2) is 17.7 Å². The highest BCUT2D eigenvalue weighted by Gasteiger charge is 2.14. The van der Waals surface area contributed by atoms with Crippen molar-refractivity contribution in [1.29, 1.82) is 0 Å². The molecule has 0 unspecified atom stereocenters. The maximum Gasteiger partial charge on any atom is 0.251 e. The smallest absolute Gasteiger partial charge is 0.251 e. The van der Waals surface area contributed by atoms with Gasteiger partial charge in [-0.3, -0.25) is 9.59 Å². The molecule has 0 saturated carbocycles. The molecule has 4 rings (SSSR count). The van der Waals surface area contributed by atoms with Crippen molar-refractivity contribution < 1.29 is 14.3 Å². The van der Waals surface area contributed by atoms with Gasteiger partial charge in [0.05, 0.1) is 0 Å². The summed E-state index contributed by atoms with van der Waals surface area (Å²) in [5, 5.41) is 3.76. The minimum absolute atomic E-state index is 0.158. The van der Waals surface area contributed by atoms with E-state index < -0.39 is 0 Å². The summed E-state index contributed by atoms with van der Waals surface area (Å²) >= 11 is 0. The second kappa shape index (κ2) is 6.32. The molecule has 2 N–H and O–H groups in total. The summed E-state index contributed by atoms with van der Waals surface area (Å²) in [5.41, 5.74) is 1.87. The summed E-state index contributed by atoms with van der Waals surface area (Å²) in [6, 6.07) is 14.6. The van der Waals surface area contributed by atoms with Crippen molar-refractivity contribution in [1.82, 2.24) is 4.98 Å². The molecule has 0 saturated heterocycles. The van der Waals surface area contributed by atoms with E-state index in [1.165, 1.54) is 0 Å². The number of para-hydroxylation sites is 1. The van der Waals surface area contributed by atoms with Crippen molar-refractivity contribution in [2.45, 2.75) is 12.8 Å². The first-order valence-corrected chi connectivity index (χ1v) is 7.99. The number of H-pyrrole nitrogens is 1. The van der Waals surface area contributed by atoms with Crippen molar-refractivity contribution in [3.05, 3.63) is 64.4 Å². The maximum atomic E-state index is 12.2. The van der Waals surface area contributed by atoms with Crippen LogP contribution in [0.25, 0.3) is 10.9 Å². The van der Waals surface area contributed by atoms with E-state index in [9.17, 15) is 9.59 Å². The van der Waals surface area contributed by atoms with Crippen molar-refractivity contribution in [3.8, 4) is 11.5 Å². The zero-order valence-electron chi connectivity index (χ0n) is 13.4. The summed E-state index contributed by atoms with van der Waals surface area (Å²) in [5.74, 6) is 1.12. The third-order valence-electron chi connectivity index (χ3n) is 4.11. The molecule has 1 amide bonds. The lowest BCUT2D eigenvalue weighted by molar-refractivity contribution is -0.116. The lowest BCUT2D eigenvalue weighted by atomic mass is 10.1. The molecule has 1 aromatic heterocycles.